The molecule has 0 saturated carbocycles. The summed E-state index contributed by atoms with van der Waals surface area (Å²) in [5.41, 5.74) is 8.04. The highest BCUT2D eigenvalue weighted by atomic mass is 14.3. The zero-order valence-electron chi connectivity index (χ0n) is 14.4. The molecule has 0 unspecified atom stereocenters. The van der Waals surface area contributed by atoms with Crippen LogP contribution in [0.2, 0.25) is 0 Å². The van der Waals surface area contributed by atoms with E-state index in [1.165, 1.54) is 33.4 Å². The molecule has 0 aromatic heterocycles. The molecule has 0 nitrogen and oxygen atoms in total. The summed E-state index contributed by atoms with van der Waals surface area (Å²) < 4.78 is 0. The number of aryl methyl sites for hydroxylation is 1. The van der Waals surface area contributed by atoms with Crippen molar-refractivity contribution in [1.29, 1.82) is 0 Å². The van der Waals surface area contributed by atoms with Crippen molar-refractivity contribution in [2.75, 3.05) is 0 Å². The van der Waals surface area contributed by atoms with E-state index >= 15 is 0 Å². The van der Waals surface area contributed by atoms with E-state index in [2.05, 4.69) is 100 Å². The van der Waals surface area contributed by atoms with Gasteiger partial charge in [0.2, 0.25) is 0 Å². The number of rotatable bonds is 3. The van der Waals surface area contributed by atoms with Crippen LogP contribution in [0, 0.1) is 20.8 Å². The molecule has 23 heavy (non-hydrogen) atoms. The predicted octanol–water partition coefficient (Wildman–Crippen LogP) is 5.97. The van der Waals surface area contributed by atoms with Crippen LogP contribution in [-0.2, 0) is 5.41 Å². The van der Waals surface area contributed by atoms with Crippen LogP contribution in [0.4, 0.5) is 0 Å². The summed E-state index contributed by atoms with van der Waals surface area (Å²) in [5, 5.41) is 0. The largest absolute Gasteiger partial charge is 0.0622 e. The average molecular weight is 300 g/mol. The fourth-order valence-electron chi connectivity index (χ4n) is 3.52. The van der Waals surface area contributed by atoms with Crippen molar-refractivity contribution >= 4 is 0 Å². The van der Waals surface area contributed by atoms with Gasteiger partial charge in [-0.25, -0.2) is 0 Å². The molecule has 0 bridgehead atoms. The maximum Gasteiger partial charge on any atom is 0.0425 e. The lowest BCUT2D eigenvalue weighted by atomic mass is 9.69. The summed E-state index contributed by atoms with van der Waals surface area (Å²) >= 11 is 0. The lowest BCUT2D eigenvalue weighted by Crippen LogP contribution is -2.26. The van der Waals surface area contributed by atoms with Gasteiger partial charge in [-0.1, -0.05) is 72.8 Å². The molecule has 0 aliphatic carbocycles. The Kier molecular flexibility index (Phi) is 4.09. The second-order valence-corrected chi connectivity index (χ2v) is 6.54. The normalized spacial score (nSPS) is 11.5. The van der Waals surface area contributed by atoms with E-state index in [1.54, 1.807) is 0 Å². The fourth-order valence-corrected chi connectivity index (χ4v) is 3.52. The summed E-state index contributed by atoms with van der Waals surface area (Å²) in [6, 6.07) is 26.2. The molecule has 3 rings (SSSR count). The lowest BCUT2D eigenvalue weighted by molar-refractivity contribution is 0.685. The third kappa shape index (κ3) is 2.59. The molecule has 0 N–H and O–H groups in total. The average Bonchev–Trinajstić information content (AvgIpc) is 2.61. The number of benzene rings is 3. The van der Waals surface area contributed by atoms with Gasteiger partial charge in [0.05, 0.1) is 0 Å². The molecule has 0 heteroatoms. The van der Waals surface area contributed by atoms with E-state index in [0.29, 0.717) is 0 Å². The van der Waals surface area contributed by atoms with Crippen LogP contribution in [0.5, 0.6) is 0 Å². The van der Waals surface area contributed by atoms with Gasteiger partial charge in [0, 0.05) is 5.41 Å². The third-order valence-electron chi connectivity index (χ3n) is 5.30. The van der Waals surface area contributed by atoms with Crippen molar-refractivity contribution < 1.29 is 0 Å². The molecule has 0 aliphatic rings. The highest BCUT2D eigenvalue weighted by molar-refractivity contribution is 5.54. The molecule has 0 aliphatic heterocycles. The lowest BCUT2D eigenvalue weighted by Gasteiger charge is -2.34. The molecular weight excluding hydrogens is 276 g/mol. The Labute approximate surface area is 139 Å². The Hall–Kier alpha value is -2.34. The molecule has 0 radical (unpaired) electrons. The first-order valence-corrected chi connectivity index (χ1v) is 8.23. The van der Waals surface area contributed by atoms with E-state index in [9.17, 15) is 0 Å². The smallest absolute Gasteiger partial charge is 0.0425 e. The van der Waals surface area contributed by atoms with Crippen LogP contribution in [0.25, 0.3) is 0 Å². The maximum absolute atomic E-state index is 2.34. The van der Waals surface area contributed by atoms with E-state index in [0.717, 1.165) is 0 Å². The van der Waals surface area contributed by atoms with Crippen LogP contribution in [-0.4, -0.2) is 0 Å². The van der Waals surface area contributed by atoms with Crippen LogP contribution >= 0.6 is 0 Å². The second kappa shape index (κ2) is 6.04. The van der Waals surface area contributed by atoms with Gasteiger partial charge in [-0.15, -0.1) is 0 Å². The van der Waals surface area contributed by atoms with Crippen molar-refractivity contribution in [1.82, 2.24) is 0 Å². The topological polar surface area (TPSA) is 0 Å². The first-order chi connectivity index (χ1) is 11.0. The van der Waals surface area contributed by atoms with Gasteiger partial charge in [-0.2, -0.15) is 0 Å². The van der Waals surface area contributed by atoms with Gasteiger partial charge in [0.25, 0.3) is 0 Å². The Morgan fingerprint density at radius 2 is 1.04 bits per heavy atom. The minimum atomic E-state index is -0.148. The SMILES string of the molecule is Cc1ccc(C(C)(c2ccccc2)c2ccccc2)c(C)c1C. The van der Waals surface area contributed by atoms with Gasteiger partial charge in [0.1, 0.15) is 0 Å². The first kappa shape index (κ1) is 15.6. The van der Waals surface area contributed by atoms with E-state index in [4.69, 9.17) is 0 Å². The Morgan fingerprint density at radius 1 is 0.565 bits per heavy atom. The predicted molar refractivity (Wildman–Crippen MR) is 99.1 cm³/mol. The zero-order chi connectivity index (χ0) is 16.4. The molecule has 0 spiro atoms. The van der Waals surface area contributed by atoms with E-state index in [-0.39, 0.29) is 5.41 Å². The minimum Gasteiger partial charge on any atom is -0.0622 e. The highest BCUT2D eigenvalue weighted by Crippen LogP contribution is 2.41. The first-order valence-electron chi connectivity index (χ1n) is 8.23. The zero-order valence-corrected chi connectivity index (χ0v) is 14.4. The highest BCUT2D eigenvalue weighted by Gasteiger charge is 2.32. The van der Waals surface area contributed by atoms with Gasteiger partial charge >= 0.3 is 0 Å². The maximum atomic E-state index is 2.34. The van der Waals surface area contributed by atoms with Gasteiger partial charge < -0.3 is 0 Å². The van der Waals surface area contributed by atoms with Crippen molar-refractivity contribution in [3.8, 4) is 0 Å². The number of hydrogen-bond donors (Lipinski definition) is 0. The van der Waals surface area contributed by atoms with Crippen molar-refractivity contribution in [2.24, 2.45) is 0 Å². The van der Waals surface area contributed by atoms with Crippen LogP contribution in [0.3, 0.4) is 0 Å². The van der Waals surface area contributed by atoms with Crippen LogP contribution in [0.1, 0.15) is 40.3 Å². The summed E-state index contributed by atoms with van der Waals surface area (Å²) in [6.45, 7) is 9.01. The van der Waals surface area contributed by atoms with Crippen LogP contribution in [0.15, 0.2) is 72.8 Å². The number of hydrogen-bond acceptors (Lipinski definition) is 0. The molecule has 116 valence electrons. The second-order valence-electron chi connectivity index (χ2n) is 6.54. The van der Waals surface area contributed by atoms with Gasteiger partial charge in [-0.05, 0) is 61.1 Å². The van der Waals surface area contributed by atoms with Crippen molar-refractivity contribution in [3.63, 3.8) is 0 Å². The van der Waals surface area contributed by atoms with Crippen molar-refractivity contribution in [2.45, 2.75) is 33.1 Å². The van der Waals surface area contributed by atoms with Crippen LogP contribution < -0.4 is 0 Å². The Morgan fingerprint density at radius 3 is 1.52 bits per heavy atom. The Balaban J connectivity index is 2.32. The Bertz CT molecular complexity index is 759. The van der Waals surface area contributed by atoms with E-state index in [1.807, 2.05) is 0 Å². The van der Waals surface area contributed by atoms with Gasteiger partial charge in [-0.3, -0.25) is 0 Å². The molecule has 0 atom stereocenters. The monoisotopic (exact) mass is 300 g/mol. The summed E-state index contributed by atoms with van der Waals surface area (Å²) in [6.07, 6.45) is 0. The fraction of sp³-hybridized carbons (Fsp3) is 0.217. The van der Waals surface area contributed by atoms with Gasteiger partial charge in [0.15, 0.2) is 0 Å². The standard InChI is InChI=1S/C23H24/c1-17-15-16-22(19(3)18(17)2)23(4,20-11-7-5-8-12-20)21-13-9-6-10-14-21/h5-16H,1-4H3. The minimum absolute atomic E-state index is 0.148. The van der Waals surface area contributed by atoms with Crippen molar-refractivity contribution in [3.05, 3.63) is 106 Å². The molecule has 0 saturated heterocycles. The third-order valence-corrected chi connectivity index (χ3v) is 5.30. The molecule has 0 heterocycles. The van der Waals surface area contributed by atoms with E-state index < -0.39 is 0 Å². The molecule has 0 fully saturated rings. The quantitative estimate of drug-likeness (QED) is 0.523. The molecular formula is C23H24. The summed E-state index contributed by atoms with van der Waals surface area (Å²) in [4.78, 5) is 0. The molecule has 0 amide bonds. The summed E-state index contributed by atoms with van der Waals surface area (Å²) in [5.74, 6) is 0. The molecule has 3 aromatic rings. The summed E-state index contributed by atoms with van der Waals surface area (Å²) in [7, 11) is 0. The molecule has 3 aromatic carbocycles.